The van der Waals surface area contributed by atoms with Crippen LogP contribution in [-0.2, 0) is 9.59 Å². The molecule has 6 nitrogen and oxygen atoms in total. The lowest BCUT2D eigenvalue weighted by Gasteiger charge is -2.16. The summed E-state index contributed by atoms with van der Waals surface area (Å²) in [5, 5.41) is 3.08. The number of anilines is 2. The van der Waals surface area contributed by atoms with Crippen molar-refractivity contribution < 1.29 is 23.5 Å². The number of hydrogen-bond donors (Lipinski definition) is 1. The molecule has 1 N–H and O–H groups in total. The minimum atomic E-state index is -0.522. The van der Waals surface area contributed by atoms with E-state index in [1.54, 1.807) is 42.5 Å². The number of methoxy groups -OCH3 is 1. The van der Waals surface area contributed by atoms with E-state index in [4.69, 9.17) is 9.47 Å². The minimum Gasteiger partial charge on any atom is -0.497 e. The van der Waals surface area contributed by atoms with Gasteiger partial charge in [-0.05, 0) is 61.0 Å². The number of hydrogen-bond acceptors (Lipinski definition) is 5. The van der Waals surface area contributed by atoms with E-state index in [-0.39, 0.29) is 11.3 Å². The highest BCUT2D eigenvalue weighted by molar-refractivity contribution is 6.46. The van der Waals surface area contributed by atoms with Gasteiger partial charge in [-0.1, -0.05) is 24.3 Å². The Labute approximate surface area is 184 Å². The fourth-order valence-corrected chi connectivity index (χ4v) is 3.48. The average molecular weight is 432 g/mol. The molecule has 3 aromatic carbocycles. The minimum absolute atomic E-state index is 0.0876. The molecule has 0 saturated carbocycles. The molecule has 1 aliphatic rings. The number of ether oxygens (including phenoxy) is 2. The van der Waals surface area contributed by atoms with Crippen LogP contribution in [0.3, 0.4) is 0 Å². The van der Waals surface area contributed by atoms with Gasteiger partial charge in [0, 0.05) is 0 Å². The number of nitrogens with zero attached hydrogens (tertiary/aromatic N) is 1. The SMILES string of the molecule is CCOc1ccccc1NC1=C(c2ccc(F)cc2)C(=O)N(c2ccc(OC)cc2)C1=O. The summed E-state index contributed by atoms with van der Waals surface area (Å²) in [5.41, 5.74) is 1.61. The molecule has 7 heteroatoms. The summed E-state index contributed by atoms with van der Waals surface area (Å²) in [7, 11) is 1.53. The molecule has 1 heterocycles. The maximum Gasteiger partial charge on any atom is 0.282 e. The van der Waals surface area contributed by atoms with Gasteiger partial charge in [0.2, 0.25) is 0 Å². The van der Waals surface area contributed by atoms with Gasteiger partial charge in [0.25, 0.3) is 11.8 Å². The van der Waals surface area contributed by atoms with Crippen LogP contribution in [-0.4, -0.2) is 25.5 Å². The van der Waals surface area contributed by atoms with E-state index < -0.39 is 17.6 Å². The summed E-state index contributed by atoms with van der Waals surface area (Å²) in [5.74, 6) is -0.323. The second-order valence-corrected chi connectivity index (χ2v) is 6.95. The predicted octanol–water partition coefficient (Wildman–Crippen LogP) is 4.63. The van der Waals surface area contributed by atoms with Gasteiger partial charge in [0.1, 0.15) is 23.0 Å². The molecule has 162 valence electrons. The van der Waals surface area contributed by atoms with Crippen molar-refractivity contribution >= 4 is 28.8 Å². The van der Waals surface area contributed by atoms with Crippen molar-refractivity contribution in [3.63, 3.8) is 0 Å². The second-order valence-electron chi connectivity index (χ2n) is 6.95. The van der Waals surface area contributed by atoms with Crippen LogP contribution in [0, 0.1) is 5.82 Å². The third kappa shape index (κ3) is 3.92. The fraction of sp³-hybridized carbons (Fsp3) is 0.120. The van der Waals surface area contributed by atoms with E-state index >= 15 is 0 Å². The molecule has 32 heavy (non-hydrogen) atoms. The van der Waals surface area contributed by atoms with Crippen LogP contribution in [0.25, 0.3) is 5.57 Å². The lowest BCUT2D eigenvalue weighted by Crippen LogP contribution is -2.32. The van der Waals surface area contributed by atoms with E-state index in [1.807, 2.05) is 13.0 Å². The molecule has 3 aromatic rings. The number of rotatable bonds is 7. The molecule has 2 amide bonds. The molecule has 0 bridgehead atoms. The van der Waals surface area contributed by atoms with Crippen LogP contribution in [0.4, 0.5) is 15.8 Å². The van der Waals surface area contributed by atoms with E-state index in [0.29, 0.717) is 35.0 Å². The lowest BCUT2D eigenvalue weighted by molar-refractivity contribution is -0.120. The Balaban J connectivity index is 1.80. The lowest BCUT2D eigenvalue weighted by atomic mass is 10.0. The van der Waals surface area contributed by atoms with Crippen molar-refractivity contribution in [2.75, 3.05) is 23.9 Å². The topological polar surface area (TPSA) is 67.9 Å². The monoisotopic (exact) mass is 432 g/mol. The molecule has 0 fully saturated rings. The molecule has 1 aliphatic heterocycles. The highest BCUT2D eigenvalue weighted by Crippen LogP contribution is 2.36. The molecule has 0 spiro atoms. The Kier molecular flexibility index (Phi) is 5.89. The zero-order chi connectivity index (χ0) is 22.7. The molecule has 0 unspecified atom stereocenters. The summed E-state index contributed by atoms with van der Waals surface area (Å²) in [6.07, 6.45) is 0. The predicted molar refractivity (Wildman–Crippen MR) is 120 cm³/mol. The molecular formula is C25H21FN2O4. The molecular weight excluding hydrogens is 411 g/mol. The highest BCUT2D eigenvalue weighted by Gasteiger charge is 2.40. The van der Waals surface area contributed by atoms with Crippen molar-refractivity contribution in [2.45, 2.75) is 6.92 Å². The van der Waals surface area contributed by atoms with Gasteiger partial charge in [-0.25, -0.2) is 9.29 Å². The van der Waals surface area contributed by atoms with Gasteiger partial charge in [-0.2, -0.15) is 0 Å². The smallest absolute Gasteiger partial charge is 0.282 e. The third-order valence-electron chi connectivity index (χ3n) is 4.99. The van der Waals surface area contributed by atoms with Crippen LogP contribution in [0.15, 0.2) is 78.5 Å². The van der Waals surface area contributed by atoms with Gasteiger partial charge in [-0.3, -0.25) is 9.59 Å². The van der Waals surface area contributed by atoms with Gasteiger partial charge >= 0.3 is 0 Å². The standard InChI is InChI=1S/C25H21FN2O4/c1-3-32-21-7-5-4-6-20(21)27-23-22(16-8-10-17(26)11-9-16)24(29)28(25(23)30)18-12-14-19(31-2)15-13-18/h4-15,27H,3H2,1-2H3. The number of halogens is 1. The van der Waals surface area contributed by atoms with Crippen LogP contribution < -0.4 is 19.7 Å². The van der Waals surface area contributed by atoms with Gasteiger partial charge in [0.15, 0.2) is 0 Å². The van der Waals surface area contributed by atoms with Gasteiger partial charge in [0.05, 0.1) is 30.7 Å². The average Bonchev–Trinajstić information content (AvgIpc) is 3.05. The number of carbonyl (C=O) groups is 2. The first-order chi connectivity index (χ1) is 15.5. The van der Waals surface area contributed by atoms with E-state index in [0.717, 1.165) is 4.90 Å². The van der Waals surface area contributed by atoms with E-state index in [1.165, 1.54) is 31.4 Å². The molecule has 0 aromatic heterocycles. The van der Waals surface area contributed by atoms with Gasteiger partial charge in [-0.15, -0.1) is 0 Å². The summed E-state index contributed by atoms with van der Waals surface area (Å²) in [6, 6.07) is 19.2. The number of imide groups is 1. The first-order valence-electron chi connectivity index (χ1n) is 10.1. The Morgan fingerprint density at radius 1 is 0.906 bits per heavy atom. The zero-order valence-electron chi connectivity index (χ0n) is 17.6. The molecule has 0 radical (unpaired) electrons. The van der Waals surface area contributed by atoms with Crippen molar-refractivity contribution in [3.8, 4) is 11.5 Å². The van der Waals surface area contributed by atoms with Crippen LogP contribution in [0.1, 0.15) is 12.5 Å². The van der Waals surface area contributed by atoms with Crippen molar-refractivity contribution in [1.29, 1.82) is 0 Å². The van der Waals surface area contributed by atoms with Crippen molar-refractivity contribution in [2.24, 2.45) is 0 Å². The highest BCUT2D eigenvalue weighted by atomic mass is 19.1. The first-order valence-corrected chi connectivity index (χ1v) is 10.1. The molecule has 0 saturated heterocycles. The van der Waals surface area contributed by atoms with Crippen molar-refractivity contribution in [3.05, 3.63) is 89.9 Å². The number of nitrogens with one attached hydrogen (secondary N) is 1. The third-order valence-corrected chi connectivity index (χ3v) is 4.99. The Morgan fingerprint density at radius 2 is 1.59 bits per heavy atom. The summed E-state index contributed by atoms with van der Waals surface area (Å²) >= 11 is 0. The maximum atomic E-state index is 13.5. The normalized spacial score (nSPS) is 13.5. The molecule has 4 rings (SSSR count). The number of carbonyl (C=O) groups excluding carboxylic acids is 2. The Hall–Kier alpha value is -4.13. The van der Waals surface area contributed by atoms with Crippen LogP contribution >= 0.6 is 0 Å². The first kappa shape index (κ1) is 21.1. The Morgan fingerprint density at radius 3 is 2.25 bits per heavy atom. The largest absolute Gasteiger partial charge is 0.497 e. The zero-order valence-corrected chi connectivity index (χ0v) is 17.6. The molecule has 0 aliphatic carbocycles. The van der Waals surface area contributed by atoms with E-state index in [9.17, 15) is 14.0 Å². The summed E-state index contributed by atoms with van der Waals surface area (Å²) < 4.78 is 24.3. The van der Waals surface area contributed by atoms with Crippen LogP contribution in [0.5, 0.6) is 11.5 Å². The van der Waals surface area contributed by atoms with E-state index in [2.05, 4.69) is 5.32 Å². The number of benzene rings is 3. The second kappa shape index (κ2) is 8.93. The summed E-state index contributed by atoms with van der Waals surface area (Å²) in [6.45, 7) is 2.29. The Bertz CT molecular complexity index is 1190. The molecule has 0 atom stereocenters. The number of amides is 2. The maximum absolute atomic E-state index is 13.5. The number of para-hydroxylation sites is 2. The fourth-order valence-electron chi connectivity index (χ4n) is 3.48. The van der Waals surface area contributed by atoms with Gasteiger partial charge < -0.3 is 14.8 Å². The summed E-state index contributed by atoms with van der Waals surface area (Å²) in [4.78, 5) is 27.9. The van der Waals surface area contributed by atoms with Crippen molar-refractivity contribution in [1.82, 2.24) is 0 Å². The van der Waals surface area contributed by atoms with Crippen LogP contribution in [0.2, 0.25) is 0 Å². The quantitative estimate of drug-likeness (QED) is 0.552.